The molecule has 0 aliphatic carbocycles. The van der Waals surface area contributed by atoms with E-state index in [4.69, 9.17) is 10.0 Å². The number of carbonyl (C=O) groups is 1. The standard InChI is InChI=1S/C8H8BFO4/c1-5(11)14-6-2-3-7(9(12)13)8(10)4-6/h2-4,12-13H,1H3. The Labute approximate surface area is 80.1 Å². The van der Waals surface area contributed by atoms with Gasteiger partial charge in [-0.3, -0.25) is 4.79 Å². The molecule has 0 atom stereocenters. The van der Waals surface area contributed by atoms with Gasteiger partial charge < -0.3 is 14.8 Å². The van der Waals surface area contributed by atoms with Crippen molar-refractivity contribution in [1.82, 2.24) is 0 Å². The highest BCUT2D eigenvalue weighted by atomic mass is 19.1. The van der Waals surface area contributed by atoms with Crippen molar-refractivity contribution in [2.45, 2.75) is 6.92 Å². The van der Waals surface area contributed by atoms with Crippen LogP contribution in [0.2, 0.25) is 0 Å². The van der Waals surface area contributed by atoms with E-state index in [9.17, 15) is 9.18 Å². The van der Waals surface area contributed by atoms with Crippen LogP contribution in [0, 0.1) is 5.82 Å². The minimum absolute atomic E-state index is 0.0272. The van der Waals surface area contributed by atoms with Gasteiger partial charge in [0.2, 0.25) is 0 Å². The van der Waals surface area contributed by atoms with Crippen molar-refractivity contribution < 1.29 is 24.0 Å². The van der Waals surface area contributed by atoms with Gasteiger partial charge in [0.05, 0.1) is 0 Å². The van der Waals surface area contributed by atoms with E-state index < -0.39 is 18.9 Å². The van der Waals surface area contributed by atoms with Crippen LogP contribution in [0.5, 0.6) is 5.75 Å². The number of hydrogen-bond acceptors (Lipinski definition) is 4. The van der Waals surface area contributed by atoms with Crippen LogP contribution in [0.15, 0.2) is 18.2 Å². The van der Waals surface area contributed by atoms with Gasteiger partial charge in [-0.25, -0.2) is 4.39 Å². The number of hydrogen-bond donors (Lipinski definition) is 2. The predicted octanol–water partition coefficient (Wildman–Crippen LogP) is -0.569. The molecule has 0 saturated carbocycles. The summed E-state index contributed by atoms with van der Waals surface area (Å²) < 4.78 is 17.6. The van der Waals surface area contributed by atoms with Crippen molar-refractivity contribution in [3.8, 4) is 5.75 Å². The zero-order valence-corrected chi connectivity index (χ0v) is 7.40. The minimum Gasteiger partial charge on any atom is -0.427 e. The highest BCUT2D eigenvalue weighted by Gasteiger charge is 2.16. The van der Waals surface area contributed by atoms with Crippen molar-refractivity contribution in [2.75, 3.05) is 0 Å². The van der Waals surface area contributed by atoms with E-state index in [0.717, 1.165) is 12.1 Å². The van der Waals surface area contributed by atoms with Crippen molar-refractivity contribution in [3.05, 3.63) is 24.0 Å². The average molecular weight is 198 g/mol. The topological polar surface area (TPSA) is 66.8 Å². The molecule has 6 heteroatoms. The third-order valence-corrected chi connectivity index (χ3v) is 1.51. The van der Waals surface area contributed by atoms with Crippen molar-refractivity contribution in [2.24, 2.45) is 0 Å². The number of carbonyl (C=O) groups excluding carboxylic acids is 1. The summed E-state index contributed by atoms with van der Waals surface area (Å²) in [7, 11) is -1.87. The second-order valence-electron chi connectivity index (χ2n) is 2.65. The normalized spacial score (nSPS) is 9.71. The first-order chi connectivity index (χ1) is 6.50. The Balaban J connectivity index is 2.94. The van der Waals surface area contributed by atoms with E-state index in [1.165, 1.54) is 13.0 Å². The number of rotatable bonds is 2. The molecule has 1 rings (SSSR count). The van der Waals surface area contributed by atoms with E-state index in [2.05, 4.69) is 4.74 Å². The summed E-state index contributed by atoms with van der Waals surface area (Å²) in [5.41, 5.74) is -0.263. The third-order valence-electron chi connectivity index (χ3n) is 1.51. The molecule has 0 amide bonds. The molecule has 0 bridgehead atoms. The van der Waals surface area contributed by atoms with Crippen LogP contribution in [0.4, 0.5) is 4.39 Å². The van der Waals surface area contributed by atoms with E-state index in [-0.39, 0.29) is 11.2 Å². The summed E-state index contributed by atoms with van der Waals surface area (Å²) >= 11 is 0. The lowest BCUT2D eigenvalue weighted by atomic mass is 9.80. The van der Waals surface area contributed by atoms with Gasteiger partial charge in [-0.2, -0.15) is 0 Å². The maximum absolute atomic E-state index is 13.0. The molecule has 0 aliphatic heterocycles. The molecule has 4 nitrogen and oxygen atoms in total. The van der Waals surface area contributed by atoms with Crippen molar-refractivity contribution in [1.29, 1.82) is 0 Å². The Morgan fingerprint density at radius 3 is 2.57 bits per heavy atom. The lowest BCUT2D eigenvalue weighted by Gasteiger charge is -2.04. The number of halogens is 1. The van der Waals surface area contributed by atoms with Crippen LogP contribution in [-0.4, -0.2) is 23.1 Å². The molecule has 14 heavy (non-hydrogen) atoms. The minimum atomic E-state index is -1.87. The molecule has 0 radical (unpaired) electrons. The predicted molar refractivity (Wildman–Crippen MR) is 47.5 cm³/mol. The molecule has 0 aromatic heterocycles. The van der Waals surface area contributed by atoms with E-state index in [1.807, 2.05) is 0 Å². The Hall–Kier alpha value is -1.40. The van der Waals surface area contributed by atoms with Crippen LogP contribution >= 0.6 is 0 Å². The Kier molecular flexibility index (Phi) is 3.21. The monoisotopic (exact) mass is 198 g/mol. The summed E-state index contributed by atoms with van der Waals surface area (Å²) in [6, 6.07) is 3.33. The Morgan fingerprint density at radius 1 is 1.50 bits per heavy atom. The van der Waals surface area contributed by atoms with E-state index >= 15 is 0 Å². The Morgan fingerprint density at radius 2 is 2.14 bits per heavy atom. The highest BCUT2D eigenvalue weighted by molar-refractivity contribution is 6.58. The fraction of sp³-hybridized carbons (Fsp3) is 0.125. The Bertz CT molecular complexity index is 353. The molecule has 0 fully saturated rings. The zero-order chi connectivity index (χ0) is 10.7. The van der Waals surface area contributed by atoms with Crippen LogP contribution in [0.1, 0.15) is 6.92 Å². The highest BCUT2D eigenvalue weighted by Crippen LogP contribution is 2.11. The van der Waals surface area contributed by atoms with E-state index in [1.54, 1.807) is 0 Å². The van der Waals surface area contributed by atoms with E-state index in [0.29, 0.717) is 0 Å². The zero-order valence-electron chi connectivity index (χ0n) is 7.40. The second-order valence-corrected chi connectivity index (χ2v) is 2.65. The summed E-state index contributed by atoms with van der Waals surface area (Å²) in [4.78, 5) is 10.5. The van der Waals surface area contributed by atoms with Gasteiger partial charge in [-0.15, -0.1) is 0 Å². The van der Waals surface area contributed by atoms with Crippen LogP contribution < -0.4 is 10.2 Å². The van der Waals surface area contributed by atoms with Gasteiger partial charge in [0.1, 0.15) is 11.6 Å². The van der Waals surface area contributed by atoms with Crippen LogP contribution in [0.3, 0.4) is 0 Å². The first kappa shape index (κ1) is 10.7. The quantitative estimate of drug-likeness (QED) is 0.379. The molecule has 0 aliphatic rings. The molecule has 0 heterocycles. The molecule has 2 N–H and O–H groups in total. The van der Waals surface area contributed by atoms with Gasteiger partial charge in [0.25, 0.3) is 0 Å². The van der Waals surface area contributed by atoms with Gasteiger partial charge >= 0.3 is 13.1 Å². The molecular weight excluding hydrogens is 190 g/mol. The van der Waals surface area contributed by atoms with Crippen LogP contribution in [0.25, 0.3) is 0 Å². The molecule has 1 aromatic carbocycles. The van der Waals surface area contributed by atoms with Crippen molar-refractivity contribution in [3.63, 3.8) is 0 Å². The second kappa shape index (κ2) is 4.21. The summed E-state index contributed by atoms with van der Waals surface area (Å²) in [6.45, 7) is 1.19. The van der Waals surface area contributed by atoms with Gasteiger partial charge in [-0.1, -0.05) is 6.07 Å². The fourth-order valence-corrected chi connectivity index (χ4v) is 0.947. The molecule has 74 valence electrons. The molecule has 0 unspecified atom stereocenters. The summed E-state index contributed by atoms with van der Waals surface area (Å²) in [5.74, 6) is -1.38. The number of ether oxygens (including phenoxy) is 1. The molecule has 1 aromatic rings. The largest absolute Gasteiger partial charge is 0.491 e. The fourth-order valence-electron chi connectivity index (χ4n) is 0.947. The van der Waals surface area contributed by atoms with Crippen molar-refractivity contribution >= 4 is 18.6 Å². The van der Waals surface area contributed by atoms with Crippen LogP contribution in [-0.2, 0) is 4.79 Å². The first-order valence-corrected chi connectivity index (χ1v) is 3.84. The van der Waals surface area contributed by atoms with Gasteiger partial charge in [0, 0.05) is 18.5 Å². The first-order valence-electron chi connectivity index (χ1n) is 3.84. The summed E-state index contributed by atoms with van der Waals surface area (Å²) in [6.07, 6.45) is 0. The SMILES string of the molecule is CC(=O)Oc1ccc(B(O)O)c(F)c1. The smallest absolute Gasteiger partial charge is 0.427 e. The van der Waals surface area contributed by atoms with Gasteiger partial charge in [-0.05, 0) is 6.07 Å². The number of benzene rings is 1. The third kappa shape index (κ3) is 2.55. The lowest BCUT2D eigenvalue weighted by Crippen LogP contribution is -2.32. The molecule has 0 saturated heterocycles. The number of esters is 1. The lowest BCUT2D eigenvalue weighted by molar-refractivity contribution is -0.131. The molecular formula is C8H8BFO4. The summed E-state index contributed by atoms with van der Waals surface area (Å²) in [5, 5.41) is 17.4. The molecule has 0 spiro atoms. The van der Waals surface area contributed by atoms with Gasteiger partial charge in [0.15, 0.2) is 0 Å². The average Bonchev–Trinajstić information content (AvgIpc) is 2.01. The maximum Gasteiger partial charge on any atom is 0.491 e. The maximum atomic E-state index is 13.0.